The van der Waals surface area contributed by atoms with Crippen LogP contribution in [-0.4, -0.2) is 5.91 Å². The molecule has 0 aliphatic heterocycles. The molecule has 1 amide bonds. The van der Waals surface area contributed by atoms with E-state index in [-0.39, 0.29) is 5.91 Å². The molecule has 100 valence electrons. The molecule has 20 heavy (non-hydrogen) atoms. The maximum atomic E-state index is 12.2. The van der Waals surface area contributed by atoms with E-state index < -0.39 is 0 Å². The van der Waals surface area contributed by atoms with Crippen molar-refractivity contribution in [1.29, 1.82) is 5.26 Å². The van der Waals surface area contributed by atoms with Crippen molar-refractivity contribution in [3.8, 4) is 6.07 Å². The number of benzene rings is 2. The summed E-state index contributed by atoms with van der Waals surface area (Å²) < 4.78 is 0. The number of anilines is 2. The largest absolute Gasteiger partial charge is 0.399 e. The molecule has 0 heterocycles. The molecule has 0 aliphatic carbocycles. The number of nitrogens with one attached hydrogen (secondary N) is 1. The molecule has 2 aromatic carbocycles. The van der Waals surface area contributed by atoms with Gasteiger partial charge in [-0.15, -0.1) is 0 Å². The van der Waals surface area contributed by atoms with Gasteiger partial charge < -0.3 is 11.1 Å². The zero-order valence-electron chi connectivity index (χ0n) is 10.8. The van der Waals surface area contributed by atoms with E-state index >= 15 is 0 Å². The Bertz CT molecular complexity index is 720. The number of hydrogen-bond acceptors (Lipinski definition) is 3. The Labute approximate surface area is 121 Å². The van der Waals surface area contributed by atoms with Gasteiger partial charge in [0.2, 0.25) is 0 Å². The zero-order valence-corrected chi connectivity index (χ0v) is 11.5. The molecule has 0 aliphatic rings. The Morgan fingerprint density at radius 2 is 2.05 bits per heavy atom. The first kappa shape index (κ1) is 13.9. The van der Waals surface area contributed by atoms with Gasteiger partial charge in [-0.25, -0.2) is 0 Å². The molecule has 0 unspecified atom stereocenters. The smallest absolute Gasteiger partial charge is 0.255 e. The fourth-order valence-electron chi connectivity index (χ4n) is 1.83. The maximum absolute atomic E-state index is 12.2. The normalized spacial score (nSPS) is 9.85. The second-order valence-electron chi connectivity index (χ2n) is 4.33. The van der Waals surface area contributed by atoms with Crippen LogP contribution < -0.4 is 11.1 Å². The highest BCUT2D eigenvalue weighted by Crippen LogP contribution is 2.20. The minimum atomic E-state index is -0.291. The summed E-state index contributed by atoms with van der Waals surface area (Å²) in [7, 11) is 0. The molecular formula is C15H12ClN3O. The Morgan fingerprint density at radius 1 is 1.30 bits per heavy atom. The van der Waals surface area contributed by atoms with E-state index in [1.54, 1.807) is 37.3 Å². The van der Waals surface area contributed by atoms with Crippen LogP contribution in [0, 0.1) is 18.3 Å². The van der Waals surface area contributed by atoms with Gasteiger partial charge in [0.1, 0.15) is 6.07 Å². The van der Waals surface area contributed by atoms with Crippen molar-refractivity contribution < 1.29 is 4.79 Å². The molecule has 0 fully saturated rings. The molecule has 0 atom stereocenters. The van der Waals surface area contributed by atoms with E-state index in [0.717, 1.165) is 5.56 Å². The quantitative estimate of drug-likeness (QED) is 0.831. The van der Waals surface area contributed by atoms with E-state index in [0.29, 0.717) is 27.5 Å². The highest BCUT2D eigenvalue weighted by Gasteiger charge is 2.12. The van der Waals surface area contributed by atoms with Crippen LogP contribution in [0.4, 0.5) is 11.4 Å². The summed E-state index contributed by atoms with van der Waals surface area (Å²) in [6.07, 6.45) is 0. The van der Waals surface area contributed by atoms with Crippen LogP contribution in [0.3, 0.4) is 0 Å². The second-order valence-corrected chi connectivity index (χ2v) is 4.77. The van der Waals surface area contributed by atoms with Gasteiger partial charge in [0.25, 0.3) is 5.91 Å². The van der Waals surface area contributed by atoms with Crippen LogP contribution in [0.5, 0.6) is 0 Å². The SMILES string of the molecule is Cc1cc(Cl)ccc1C(=O)Nc1ccc(N)cc1C#N. The summed E-state index contributed by atoms with van der Waals surface area (Å²) in [5.41, 5.74) is 8.11. The minimum Gasteiger partial charge on any atom is -0.399 e. The average Bonchev–Trinajstić information content (AvgIpc) is 2.40. The molecule has 2 aromatic rings. The van der Waals surface area contributed by atoms with Gasteiger partial charge in [-0.1, -0.05) is 11.6 Å². The standard InChI is InChI=1S/C15H12ClN3O/c1-9-6-11(16)2-4-13(9)15(20)19-14-5-3-12(18)7-10(14)8-17/h2-7H,18H2,1H3,(H,19,20). The third kappa shape index (κ3) is 2.90. The molecule has 0 radical (unpaired) electrons. The molecule has 0 saturated heterocycles. The second kappa shape index (κ2) is 5.64. The number of rotatable bonds is 2. The number of nitrogens with two attached hydrogens (primary N) is 1. The number of nitrogen functional groups attached to an aromatic ring is 1. The van der Waals surface area contributed by atoms with Crippen molar-refractivity contribution in [3.63, 3.8) is 0 Å². The Balaban J connectivity index is 2.31. The zero-order chi connectivity index (χ0) is 14.7. The lowest BCUT2D eigenvalue weighted by Gasteiger charge is -2.09. The van der Waals surface area contributed by atoms with Crippen LogP contribution in [0.2, 0.25) is 5.02 Å². The summed E-state index contributed by atoms with van der Waals surface area (Å²) in [5, 5.41) is 12.3. The van der Waals surface area contributed by atoms with Crippen molar-refractivity contribution in [2.45, 2.75) is 6.92 Å². The molecule has 2 rings (SSSR count). The van der Waals surface area contributed by atoms with Crippen molar-refractivity contribution >= 4 is 28.9 Å². The number of carbonyl (C=O) groups excluding carboxylic acids is 1. The third-order valence-electron chi connectivity index (χ3n) is 2.85. The lowest BCUT2D eigenvalue weighted by molar-refractivity contribution is 0.102. The van der Waals surface area contributed by atoms with Crippen molar-refractivity contribution in [1.82, 2.24) is 0 Å². The van der Waals surface area contributed by atoms with E-state index in [4.69, 9.17) is 22.6 Å². The lowest BCUT2D eigenvalue weighted by atomic mass is 10.1. The van der Waals surface area contributed by atoms with Gasteiger partial charge in [-0.3, -0.25) is 4.79 Å². The first-order chi connectivity index (χ1) is 9.51. The third-order valence-corrected chi connectivity index (χ3v) is 3.08. The Hall–Kier alpha value is -2.51. The first-order valence-corrected chi connectivity index (χ1v) is 6.26. The predicted octanol–water partition coefficient (Wildman–Crippen LogP) is 3.35. The van der Waals surface area contributed by atoms with Crippen molar-refractivity contribution in [3.05, 3.63) is 58.1 Å². The van der Waals surface area contributed by atoms with Gasteiger partial charge >= 0.3 is 0 Å². The van der Waals surface area contributed by atoms with Crippen LogP contribution in [0.15, 0.2) is 36.4 Å². The lowest BCUT2D eigenvalue weighted by Crippen LogP contribution is -2.14. The van der Waals surface area contributed by atoms with Gasteiger partial charge in [-0.2, -0.15) is 5.26 Å². The molecule has 3 N–H and O–H groups in total. The predicted molar refractivity (Wildman–Crippen MR) is 79.7 cm³/mol. The summed E-state index contributed by atoms with van der Waals surface area (Å²) in [4.78, 5) is 12.2. The van der Waals surface area contributed by atoms with Gasteiger partial charge in [0.05, 0.1) is 11.3 Å². The van der Waals surface area contributed by atoms with Crippen LogP contribution >= 0.6 is 11.6 Å². The highest BCUT2D eigenvalue weighted by atomic mass is 35.5. The van der Waals surface area contributed by atoms with Crippen LogP contribution in [-0.2, 0) is 0 Å². The summed E-state index contributed by atoms with van der Waals surface area (Å²) >= 11 is 5.86. The molecule has 0 saturated carbocycles. The fraction of sp³-hybridized carbons (Fsp3) is 0.0667. The van der Waals surface area contributed by atoms with Crippen molar-refractivity contribution in [2.24, 2.45) is 0 Å². The molecular weight excluding hydrogens is 274 g/mol. The van der Waals surface area contributed by atoms with E-state index in [2.05, 4.69) is 5.32 Å². The van der Waals surface area contributed by atoms with E-state index in [1.807, 2.05) is 6.07 Å². The number of hydrogen-bond donors (Lipinski definition) is 2. The molecule has 5 heteroatoms. The topological polar surface area (TPSA) is 78.9 Å². The molecule has 4 nitrogen and oxygen atoms in total. The van der Waals surface area contributed by atoms with Crippen LogP contribution in [0.1, 0.15) is 21.5 Å². The van der Waals surface area contributed by atoms with Gasteiger partial charge in [0, 0.05) is 16.3 Å². The van der Waals surface area contributed by atoms with E-state index in [1.165, 1.54) is 6.07 Å². The Kier molecular flexibility index (Phi) is 3.92. The van der Waals surface area contributed by atoms with Gasteiger partial charge in [-0.05, 0) is 48.9 Å². The number of nitrogens with zero attached hydrogens (tertiary/aromatic N) is 1. The Morgan fingerprint density at radius 3 is 2.70 bits per heavy atom. The number of aryl methyl sites for hydroxylation is 1. The highest BCUT2D eigenvalue weighted by molar-refractivity contribution is 6.30. The fourth-order valence-corrected chi connectivity index (χ4v) is 2.06. The molecule has 0 spiro atoms. The summed E-state index contributed by atoms with van der Waals surface area (Å²) in [5.74, 6) is -0.291. The first-order valence-electron chi connectivity index (χ1n) is 5.88. The summed E-state index contributed by atoms with van der Waals surface area (Å²) in [6.45, 7) is 1.80. The number of halogens is 1. The molecule has 0 bridgehead atoms. The molecule has 0 aromatic heterocycles. The number of carbonyl (C=O) groups is 1. The maximum Gasteiger partial charge on any atom is 0.255 e. The number of amides is 1. The monoisotopic (exact) mass is 285 g/mol. The average molecular weight is 286 g/mol. The minimum absolute atomic E-state index is 0.291. The van der Waals surface area contributed by atoms with Crippen molar-refractivity contribution in [2.75, 3.05) is 11.1 Å². The van der Waals surface area contributed by atoms with E-state index in [9.17, 15) is 4.79 Å². The van der Waals surface area contributed by atoms with Crippen LogP contribution in [0.25, 0.3) is 0 Å². The summed E-state index contributed by atoms with van der Waals surface area (Å²) in [6, 6.07) is 11.8. The van der Waals surface area contributed by atoms with Gasteiger partial charge in [0.15, 0.2) is 0 Å². The number of nitriles is 1.